The molecular weight excluding hydrogens is 534 g/mol. The van der Waals surface area contributed by atoms with Crippen LogP contribution in [0.25, 0.3) is 0 Å². The Hall–Kier alpha value is -2.91. The average Bonchev–Trinajstić information content (AvgIpc) is 3.17. The van der Waals surface area contributed by atoms with Gasteiger partial charge in [0.2, 0.25) is 17.7 Å². The van der Waals surface area contributed by atoms with Crippen LogP contribution in [-0.4, -0.2) is 111 Å². The van der Waals surface area contributed by atoms with Crippen LogP contribution in [0.1, 0.15) is 46.5 Å². The Morgan fingerprint density at radius 2 is 1.62 bits per heavy atom. The number of hydrogen-bond acceptors (Lipinski definition) is 11. The van der Waals surface area contributed by atoms with Gasteiger partial charge in [-0.1, -0.05) is 0 Å². The molecule has 14 nitrogen and oxygen atoms in total. The first-order valence-corrected chi connectivity index (χ1v) is 14.1. The van der Waals surface area contributed by atoms with Crippen LogP contribution in [0, 0.1) is 0 Å². The van der Waals surface area contributed by atoms with Gasteiger partial charge in [0.25, 0.3) is 0 Å². The van der Waals surface area contributed by atoms with Gasteiger partial charge < -0.3 is 35.9 Å². The lowest BCUT2D eigenvalue weighted by Crippen LogP contribution is -2.34. The first-order valence-electron chi connectivity index (χ1n) is 12.8. The van der Waals surface area contributed by atoms with Gasteiger partial charge in [0, 0.05) is 58.6 Å². The van der Waals surface area contributed by atoms with Crippen molar-refractivity contribution in [2.24, 2.45) is 5.73 Å². The second-order valence-electron chi connectivity index (χ2n) is 8.26. The largest absolute Gasteiger partial charge is 0.447 e. The number of nitrogens with zero attached hydrogens (tertiary/aromatic N) is 1. The Balaban J connectivity index is 0.000000864. The molecule has 0 aromatic heterocycles. The van der Waals surface area contributed by atoms with Gasteiger partial charge in [-0.2, -0.15) is 11.8 Å². The summed E-state index contributed by atoms with van der Waals surface area (Å²) in [7, 11) is 0. The smallest absolute Gasteiger partial charge is 0.407 e. The van der Waals surface area contributed by atoms with E-state index < -0.39 is 18.3 Å². The van der Waals surface area contributed by atoms with Crippen LogP contribution in [0.4, 0.5) is 9.59 Å². The van der Waals surface area contributed by atoms with Gasteiger partial charge in [-0.15, -0.1) is 0 Å². The van der Waals surface area contributed by atoms with Crippen LogP contribution in [0.5, 0.6) is 0 Å². The number of carbonyl (C=O) groups excluding carboxylic acids is 6. The van der Waals surface area contributed by atoms with Crippen molar-refractivity contribution in [3.8, 4) is 0 Å². The highest BCUT2D eigenvalue weighted by atomic mass is 32.2. The molecule has 1 rings (SSSR count). The van der Waals surface area contributed by atoms with Crippen molar-refractivity contribution < 1.29 is 43.0 Å². The zero-order valence-electron chi connectivity index (χ0n) is 23.2. The molecule has 224 valence electrons. The molecule has 0 saturated carbocycles. The Labute approximate surface area is 233 Å². The fourth-order valence-corrected chi connectivity index (χ4v) is 3.63. The van der Waals surface area contributed by atoms with Crippen LogP contribution in [0.3, 0.4) is 0 Å². The number of nitrogens with two attached hydrogens (primary N) is 1. The molecule has 15 heteroatoms. The number of amides is 5. The number of ether oxygens (including phenoxy) is 3. The molecule has 39 heavy (non-hydrogen) atoms. The third-order valence-electron chi connectivity index (χ3n) is 4.99. The number of carbonyl (C=O) groups is 6. The number of alkyl carbamates (subject to hydrolysis) is 2. The number of thioether (sulfide) groups is 1. The quantitative estimate of drug-likeness (QED) is 0.136. The van der Waals surface area contributed by atoms with Crippen molar-refractivity contribution in [3.05, 3.63) is 0 Å². The predicted molar refractivity (Wildman–Crippen MR) is 145 cm³/mol. The summed E-state index contributed by atoms with van der Waals surface area (Å²) in [6, 6.07) is 0. The van der Waals surface area contributed by atoms with Gasteiger partial charge in [-0.05, 0) is 33.4 Å². The molecule has 0 aromatic rings. The normalized spacial score (nSPS) is 14.4. The lowest BCUT2D eigenvalue weighted by atomic mass is 10.3. The molecule has 1 fully saturated rings. The standard InChI is InChI=1S/C15H30N4O6.C9H13NO3S/c1-3-17-14(21)24-10-12(11-25-15(22)18-4-2)23-9-5-6-13(20)19-8-7-16;1-6(11)3-4-10-8(12)5-7(14-2)9(10)13/h12H,3-11,16H2,1-2H3,(H,17,21)(H,18,22)(H,19,20);7H,3-5H2,1-2H3. The van der Waals surface area contributed by atoms with Crippen molar-refractivity contribution in [3.63, 3.8) is 0 Å². The lowest BCUT2D eigenvalue weighted by molar-refractivity contribution is -0.138. The number of ketones is 1. The molecule has 0 spiro atoms. The van der Waals surface area contributed by atoms with Crippen molar-refractivity contribution in [1.82, 2.24) is 20.9 Å². The molecule has 1 unspecified atom stereocenters. The zero-order valence-corrected chi connectivity index (χ0v) is 24.1. The highest BCUT2D eigenvalue weighted by Gasteiger charge is 2.37. The lowest BCUT2D eigenvalue weighted by Gasteiger charge is -2.18. The van der Waals surface area contributed by atoms with E-state index in [0.29, 0.717) is 39.0 Å². The summed E-state index contributed by atoms with van der Waals surface area (Å²) >= 11 is 1.39. The van der Waals surface area contributed by atoms with Crippen molar-refractivity contribution in [2.45, 2.75) is 57.8 Å². The van der Waals surface area contributed by atoms with E-state index in [2.05, 4.69) is 16.0 Å². The molecule has 1 heterocycles. The molecule has 0 aliphatic carbocycles. The minimum atomic E-state index is -0.614. The maximum absolute atomic E-state index is 11.5. The van der Waals surface area contributed by atoms with Crippen molar-refractivity contribution in [2.75, 3.05) is 58.8 Å². The van der Waals surface area contributed by atoms with Crippen LogP contribution < -0.4 is 21.7 Å². The number of likely N-dealkylation sites (tertiary alicyclic amines) is 1. The van der Waals surface area contributed by atoms with E-state index in [1.165, 1.54) is 23.6 Å². The summed E-state index contributed by atoms with van der Waals surface area (Å²) in [5.41, 5.74) is 5.30. The molecule has 0 bridgehead atoms. The summed E-state index contributed by atoms with van der Waals surface area (Å²) in [6.45, 7) is 7.07. The first kappa shape index (κ1) is 36.1. The van der Waals surface area contributed by atoms with Gasteiger partial charge in [-0.3, -0.25) is 24.1 Å². The van der Waals surface area contributed by atoms with Crippen molar-refractivity contribution >= 4 is 47.5 Å². The van der Waals surface area contributed by atoms with Crippen molar-refractivity contribution in [1.29, 1.82) is 0 Å². The number of imide groups is 1. The number of Topliss-reactive ketones (excluding diaryl/α,β-unsaturated/α-hetero) is 1. The molecule has 0 aromatic carbocycles. The topological polar surface area (TPSA) is 195 Å². The predicted octanol–water partition coefficient (Wildman–Crippen LogP) is 0.175. The summed E-state index contributed by atoms with van der Waals surface area (Å²) in [5.74, 6) is -0.416. The highest BCUT2D eigenvalue weighted by Crippen LogP contribution is 2.22. The van der Waals surface area contributed by atoms with E-state index in [4.69, 9.17) is 19.9 Å². The number of nitrogens with one attached hydrogen (secondary N) is 3. The first-order chi connectivity index (χ1) is 18.6. The SMILES string of the molecule is CCNC(=O)OCC(COC(=O)NCC)OCCCC(=O)NCCN.CSC1CC(=O)N(CCC(C)=O)C1=O. The van der Waals surface area contributed by atoms with E-state index in [1.807, 2.05) is 6.26 Å². The Kier molecular flexibility index (Phi) is 20.3. The highest BCUT2D eigenvalue weighted by molar-refractivity contribution is 8.00. The Morgan fingerprint density at radius 1 is 1.03 bits per heavy atom. The molecule has 0 radical (unpaired) electrons. The van der Waals surface area contributed by atoms with Gasteiger partial charge >= 0.3 is 12.2 Å². The molecule has 1 aliphatic rings. The molecule has 1 aliphatic heterocycles. The zero-order chi connectivity index (χ0) is 29.6. The van der Waals surface area contributed by atoms with Crippen LogP contribution in [0.15, 0.2) is 0 Å². The summed E-state index contributed by atoms with van der Waals surface area (Å²) < 4.78 is 15.5. The summed E-state index contributed by atoms with van der Waals surface area (Å²) in [5, 5.41) is 7.39. The summed E-state index contributed by atoms with van der Waals surface area (Å²) in [6.07, 6.45) is 1.36. The van der Waals surface area contributed by atoms with Crippen LogP contribution >= 0.6 is 11.8 Å². The minimum absolute atomic E-state index is 0.00167. The molecule has 5 amide bonds. The van der Waals surface area contributed by atoms with E-state index in [1.54, 1.807) is 13.8 Å². The Bertz CT molecular complexity index is 778. The monoisotopic (exact) mass is 577 g/mol. The van der Waals surface area contributed by atoms with Gasteiger partial charge in [0.15, 0.2) is 0 Å². The van der Waals surface area contributed by atoms with E-state index in [9.17, 15) is 28.8 Å². The fraction of sp³-hybridized carbons (Fsp3) is 0.750. The molecular formula is C24H43N5O9S. The fourth-order valence-electron chi connectivity index (χ4n) is 3.00. The van der Waals surface area contributed by atoms with Crippen LogP contribution in [-0.2, 0) is 33.4 Å². The van der Waals surface area contributed by atoms with Gasteiger partial charge in [-0.25, -0.2) is 9.59 Å². The average molecular weight is 578 g/mol. The third kappa shape index (κ3) is 17.3. The second kappa shape index (κ2) is 22.0. The van der Waals surface area contributed by atoms with Crippen LogP contribution in [0.2, 0.25) is 0 Å². The number of hydrogen-bond donors (Lipinski definition) is 4. The Morgan fingerprint density at radius 3 is 2.08 bits per heavy atom. The molecule has 1 saturated heterocycles. The minimum Gasteiger partial charge on any atom is -0.447 e. The van der Waals surface area contributed by atoms with Gasteiger partial charge in [0.05, 0.1) is 5.25 Å². The second-order valence-corrected chi connectivity index (χ2v) is 9.30. The number of rotatable bonds is 17. The van der Waals surface area contributed by atoms with E-state index in [-0.39, 0.29) is 68.0 Å². The maximum Gasteiger partial charge on any atom is 0.407 e. The van der Waals surface area contributed by atoms with E-state index >= 15 is 0 Å². The van der Waals surface area contributed by atoms with Gasteiger partial charge in [0.1, 0.15) is 25.1 Å². The molecule has 5 N–H and O–H groups in total. The summed E-state index contributed by atoms with van der Waals surface area (Å²) in [4.78, 5) is 68.9. The maximum atomic E-state index is 11.5. The molecule has 1 atom stereocenters. The van der Waals surface area contributed by atoms with E-state index in [0.717, 1.165) is 0 Å². The third-order valence-corrected chi connectivity index (χ3v) is 5.92.